The third-order valence-corrected chi connectivity index (χ3v) is 4.59. The van der Waals surface area contributed by atoms with Crippen molar-refractivity contribution in [2.75, 3.05) is 0 Å². The van der Waals surface area contributed by atoms with Crippen LogP contribution in [0.5, 0.6) is 0 Å². The van der Waals surface area contributed by atoms with E-state index in [4.69, 9.17) is 5.41 Å². The first-order valence-electron chi connectivity index (χ1n) is 4.76. The van der Waals surface area contributed by atoms with E-state index < -0.39 is 0 Å². The quantitative estimate of drug-likeness (QED) is 0.534. The molecule has 0 aromatic rings. The standard InChI is InChI=1S/C11H13NOS.U/c1-6(2)11(12)8-4-9-7(5-13)3-10(8)14-9;/h4,7-10,12H,1,3H2,2H3;/q-2;+2. The second kappa shape index (κ2) is 5.21. The van der Waals surface area contributed by atoms with E-state index in [2.05, 4.69) is 19.3 Å². The predicted molar refractivity (Wildman–Crippen MR) is 59.3 cm³/mol. The SMILES string of the molecule is C=C(C)C(=N)C1[CH-]C2SC1CC2[C-]=O.[U+2]. The number of fused-ring (bicyclic) bond motifs is 2. The van der Waals surface area contributed by atoms with E-state index >= 15 is 0 Å². The third kappa shape index (κ3) is 2.43. The number of hydrogen-bond donors (Lipinski definition) is 1. The molecule has 2 saturated heterocycles. The smallest absolute Gasteiger partial charge is 0.542 e. The molecule has 2 nitrogen and oxygen atoms in total. The van der Waals surface area contributed by atoms with Crippen LogP contribution in [-0.2, 0) is 4.79 Å². The van der Waals surface area contributed by atoms with Gasteiger partial charge in [-0.3, -0.25) is 6.29 Å². The molecule has 2 rings (SSSR count). The van der Waals surface area contributed by atoms with Gasteiger partial charge in [0.15, 0.2) is 0 Å². The van der Waals surface area contributed by atoms with Crippen molar-refractivity contribution in [2.24, 2.45) is 11.8 Å². The van der Waals surface area contributed by atoms with E-state index in [1.165, 1.54) is 0 Å². The Balaban J connectivity index is 0.00000112. The molecule has 0 radical (unpaired) electrons. The van der Waals surface area contributed by atoms with Gasteiger partial charge in [0.25, 0.3) is 0 Å². The summed E-state index contributed by atoms with van der Waals surface area (Å²) in [6.07, 6.45) is 5.10. The summed E-state index contributed by atoms with van der Waals surface area (Å²) < 4.78 is 0. The summed E-state index contributed by atoms with van der Waals surface area (Å²) in [4.78, 5) is 10.6. The van der Waals surface area contributed by atoms with E-state index in [0.29, 0.717) is 16.2 Å². The molecule has 4 unspecified atom stereocenters. The summed E-state index contributed by atoms with van der Waals surface area (Å²) in [7, 11) is 0. The van der Waals surface area contributed by atoms with E-state index in [9.17, 15) is 4.79 Å². The Bertz CT molecular complexity index is 305. The van der Waals surface area contributed by atoms with Gasteiger partial charge in [-0.15, -0.1) is 11.2 Å². The molecule has 15 heavy (non-hydrogen) atoms. The van der Waals surface area contributed by atoms with Crippen LogP contribution in [0.1, 0.15) is 13.3 Å². The minimum Gasteiger partial charge on any atom is -0.542 e. The number of carbonyl (C=O) groups excluding carboxylic acids is 1. The van der Waals surface area contributed by atoms with Crippen molar-refractivity contribution in [3.8, 4) is 0 Å². The predicted octanol–water partition coefficient (Wildman–Crippen LogP) is 2.02. The summed E-state index contributed by atoms with van der Waals surface area (Å²) in [6.45, 7) is 5.66. The van der Waals surface area contributed by atoms with Crippen molar-refractivity contribution in [3.05, 3.63) is 18.6 Å². The molecule has 0 aliphatic carbocycles. The molecule has 2 aliphatic rings. The van der Waals surface area contributed by atoms with Crippen LogP contribution in [0.15, 0.2) is 12.2 Å². The van der Waals surface area contributed by atoms with Gasteiger partial charge in [0, 0.05) is 5.71 Å². The van der Waals surface area contributed by atoms with E-state index in [-0.39, 0.29) is 42.9 Å². The monoisotopic (exact) mass is 445 g/mol. The second-order valence-electron chi connectivity index (χ2n) is 4.01. The summed E-state index contributed by atoms with van der Waals surface area (Å²) in [5.41, 5.74) is 1.47. The zero-order valence-electron chi connectivity index (χ0n) is 8.62. The molecule has 4 atom stereocenters. The van der Waals surface area contributed by atoms with Gasteiger partial charge < -0.3 is 16.6 Å². The fourth-order valence-electron chi connectivity index (χ4n) is 2.16. The van der Waals surface area contributed by atoms with Crippen LogP contribution < -0.4 is 0 Å². The van der Waals surface area contributed by atoms with Crippen LogP contribution in [0, 0.1) is 54.8 Å². The maximum absolute atomic E-state index is 10.6. The molecule has 2 aliphatic heterocycles. The third-order valence-electron chi connectivity index (χ3n) is 2.96. The Morgan fingerprint density at radius 2 is 2.33 bits per heavy atom. The van der Waals surface area contributed by atoms with Gasteiger partial charge in [-0.1, -0.05) is 13.0 Å². The average molecular weight is 445 g/mol. The fourth-order valence-corrected chi connectivity index (χ4v) is 3.89. The fraction of sp³-hybridized carbons (Fsp3) is 0.545. The van der Waals surface area contributed by atoms with E-state index in [0.717, 1.165) is 12.0 Å². The van der Waals surface area contributed by atoms with E-state index in [1.807, 2.05) is 18.7 Å². The van der Waals surface area contributed by atoms with Crippen LogP contribution in [0.3, 0.4) is 0 Å². The topological polar surface area (TPSA) is 40.9 Å². The maximum atomic E-state index is 10.6. The molecular formula is C11H13NOSU. The summed E-state index contributed by atoms with van der Waals surface area (Å²) in [6, 6.07) is 0. The molecule has 0 aromatic heterocycles. The summed E-state index contributed by atoms with van der Waals surface area (Å²) in [5.74, 6) is 0.284. The molecule has 2 fully saturated rings. The normalized spacial score (nSPS) is 37.1. The number of allylic oxidation sites excluding steroid dienone is 1. The van der Waals surface area contributed by atoms with Gasteiger partial charge in [-0.25, -0.2) is 0 Å². The molecule has 78 valence electrons. The second-order valence-corrected chi connectivity index (χ2v) is 5.43. The Morgan fingerprint density at radius 3 is 2.73 bits per heavy atom. The van der Waals surface area contributed by atoms with Crippen molar-refractivity contribution in [1.29, 1.82) is 5.41 Å². The molecule has 2 heterocycles. The molecule has 4 heteroatoms. The molecular weight excluding hydrogens is 432 g/mol. The van der Waals surface area contributed by atoms with Crippen LogP contribution in [-0.4, -0.2) is 22.5 Å². The number of nitrogens with one attached hydrogen (secondary N) is 1. The van der Waals surface area contributed by atoms with Crippen molar-refractivity contribution in [1.82, 2.24) is 0 Å². The minimum atomic E-state index is 0. The van der Waals surface area contributed by atoms with Gasteiger partial charge in [-0.2, -0.15) is 17.7 Å². The largest absolute Gasteiger partial charge is 2.00 e. The molecule has 2 bridgehead atoms. The zero-order chi connectivity index (χ0) is 10.3. The van der Waals surface area contributed by atoms with Crippen molar-refractivity contribution < 1.29 is 35.9 Å². The van der Waals surface area contributed by atoms with Gasteiger partial charge in [0.1, 0.15) is 0 Å². The molecule has 0 saturated carbocycles. The van der Waals surface area contributed by atoms with Crippen molar-refractivity contribution in [2.45, 2.75) is 23.8 Å². The van der Waals surface area contributed by atoms with Gasteiger partial charge in [0.2, 0.25) is 0 Å². The van der Waals surface area contributed by atoms with E-state index in [1.54, 1.807) is 0 Å². The molecule has 0 amide bonds. The number of hydrogen-bond acceptors (Lipinski definition) is 3. The molecule has 1 N–H and O–H groups in total. The Morgan fingerprint density at radius 1 is 1.67 bits per heavy atom. The van der Waals surface area contributed by atoms with Gasteiger partial charge in [0.05, 0.1) is 0 Å². The van der Waals surface area contributed by atoms with Crippen molar-refractivity contribution >= 4 is 23.8 Å². The number of thioether (sulfide) groups is 1. The first kappa shape index (κ1) is 13.5. The van der Waals surface area contributed by atoms with Crippen LogP contribution >= 0.6 is 11.8 Å². The average Bonchev–Trinajstić information content (AvgIpc) is 2.74. The van der Waals surface area contributed by atoms with Gasteiger partial charge >= 0.3 is 31.1 Å². The molecule has 0 aromatic carbocycles. The Hall–Kier alpha value is 0.482. The van der Waals surface area contributed by atoms with Crippen LogP contribution in [0.2, 0.25) is 0 Å². The maximum Gasteiger partial charge on any atom is 2.00 e. The molecule has 0 spiro atoms. The van der Waals surface area contributed by atoms with Crippen LogP contribution in [0.4, 0.5) is 0 Å². The minimum absolute atomic E-state index is 0. The first-order chi connectivity index (χ1) is 6.63. The first-order valence-corrected chi connectivity index (χ1v) is 5.70. The Labute approximate surface area is 119 Å². The van der Waals surface area contributed by atoms with Crippen molar-refractivity contribution in [3.63, 3.8) is 0 Å². The zero-order valence-corrected chi connectivity index (χ0v) is 13.6. The van der Waals surface area contributed by atoms with Crippen LogP contribution in [0.25, 0.3) is 0 Å². The summed E-state index contributed by atoms with van der Waals surface area (Å²) >= 11 is 1.82. The number of rotatable bonds is 3. The Kier molecular flexibility index (Phi) is 4.70. The summed E-state index contributed by atoms with van der Waals surface area (Å²) in [5, 5.41) is 8.58. The van der Waals surface area contributed by atoms with Gasteiger partial charge in [-0.05, 0) is 17.7 Å².